The molecular formula is C10H14F2N3O6P. The van der Waals surface area contributed by atoms with Crippen molar-refractivity contribution in [1.29, 1.82) is 0 Å². The van der Waals surface area contributed by atoms with Crippen molar-refractivity contribution < 1.29 is 32.6 Å². The fraction of sp³-hybridized carbons (Fsp3) is 0.600. The summed E-state index contributed by atoms with van der Waals surface area (Å²) in [5.74, 6) is -3.99. The summed E-state index contributed by atoms with van der Waals surface area (Å²) in [6.45, 7) is 0.118. The highest BCUT2D eigenvalue weighted by Gasteiger charge is 2.59. The number of nitrogens with two attached hydrogens (primary N) is 1. The van der Waals surface area contributed by atoms with Gasteiger partial charge in [-0.25, -0.2) is 4.79 Å². The maximum Gasteiger partial charge on any atom is 0.351 e. The third-order valence-electron chi connectivity index (χ3n) is 2.96. The molecule has 2 rings (SSSR count). The molecule has 1 aliphatic heterocycles. The van der Waals surface area contributed by atoms with Crippen molar-refractivity contribution in [1.82, 2.24) is 9.55 Å². The Kier molecular flexibility index (Phi) is 4.37. The Labute approximate surface area is 122 Å². The van der Waals surface area contributed by atoms with Crippen LogP contribution in [0, 0.1) is 0 Å². The van der Waals surface area contributed by atoms with Crippen molar-refractivity contribution in [3.8, 4) is 0 Å². The lowest BCUT2D eigenvalue weighted by molar-refractivity contribution is -0.140. The van der Waals surface area contributed by atoms with Gasteiger partial charge in [0.1, 0.15) is 11.9 Å². The number of nitrogens with zero attached hydrogens (tertiary/aromatic N) is 2. The summed E-state index contributed by atoms with van der Waals surface area (Å²) in [6.07, 6.45) is -5.10. The molecule has 1 aliphatic rings. The number of hydrogen-bond donors (Lipinski definition) is 3. The van der Waals surface area contributed by atoms with Crippen LogP contribution in [0.2, 0.25) is 0 Å². The van der Waals surface area contributed by atoms with E-state index in [1.54, 1.807) is 0 Å². The van der Waals surface area contributed by atoms with E-state index < -0.39 is 44.3 Å². The zero-order valence-corrected chi connectivity index (χ0v) is 12.2. The van der Waals surface area contributed by atoms with Gasteiger partial charge >= 0.3 is 19.2 Å². The van der Waals surface area contributed by atoms with Crippen molar-refractivity contribution >= 4 is 13.4 Å². The van der Waals surface area contributed by atoms with Crippen LogP contribution in [0.4, 0.5) is 14.6 Å². The summed E-state index contributed by atoms with van der Waals surface area (Å²) >= 11 is 0. The van der Waals surface area contributed by atoms with Gasteiger partial charge in [-0.2, -0.15) is 13.8 Å². The predicted octanol–water partition coefficient (Wildman–Crippen LogP) is -0.449. The van der Waals surface area contributed by atoms with E-state index in [2.05, 4.69) is 9.51 Å². The first-order valence-electron chi connectivity index (χ1n) is 6.03. The Hall–Kier alpha value is -1.39. The Morgan fingerprint density at radius 3 is 2.82 bits per heavy atom. The average Bonchev–Trinajstić information content (AvgIpc) is 2.59. The van der Waals surface area contributed by atoms with Crippen molar-refractivity contribution in [3.63, 3.8) is 0 Å². The molecular weight excluding hydrogens is 327 g/mol. The molecule has 1 aromatic rings. The summed E-state index contributed by atoms with van der Waals surface area (Å²) in [7, 11) is -3.93. The van der Waals surface area contributed by atoms with Crippen molar-refractivity contribution in [3.05, 3.63) is 22.7 Å². The highest BCUT2D eigenvalue weighted by atomic mass is 31.2. The normalized spacial score (nSPS) is 30.1. The van der Waals surface area contributed by atoms with Crippen LogP contribution in [0.3, 0.4) is 0 Å². The monoisotopic (exact) mass is 341 g/mol. The van der Waals surface area contributed by atoms with Crippen LogP contribution in [-0.2, 0) is 13.8 Å². The van der Waals surface area contributed by atoms with Crippen LogP contribution in [0.25, 0.3) is 0 Å². The van der Waals surface area contributed by atoms with Crippen molar-refractivity contribution in [2.45, 2.75) is 24.4 Å². The molecule has 1 fully saturated rings. The van der Waals surface area contributed by atoms with Gasteiger partial charge in [0.2, 0.25) is 6.23 Å². The van der Waals surface area contributed by atoms with E-state index in [9.17, 15) is 23.2 Å². The van der Waals surface area contributed by atoms with Crippen LogP contribution < -0.4 is 11.4 Å². The van der Waals surface area contributed by atoms with E-state index in [1.165, 1.54) is 0 Å². The van der Waals surface area contributed by atoms with Gasteiger partial charge in [0.05, 0.1) is 6.61 Å². The van der Waals surface area contributed by atoms with Gasteiger partial charge in [-0.1, -0.05) is 0 Å². The molecule has 9 nitrogen and oxygen atoms in total. The van der Waals surface area contributed by atoms with E-state index in [4.69, 9.17) is 15.4 Å². The van der Waals surface area contributed by atoms with E-state index in [1.807, 2.05) is 0 Å². The molecule has 2 heterocycles. The van der Waals surface area contributed by atoms with Crippen LogP contribution in [0.15, 0.2) is 17.1 Å². The smallest absolute Gasteiger partial charge is 0.351 e. The van der Waals surface area contributed by atoms with Crippen molar-refractivity contribution in [2.24, 2.45) is 0 Å². The number of alkyl halides is 2. The molecule has 0 aromatic carbocycles. The lowest BCUT2D eigenvalue weighted by atomic mass is 10.1. The minimum absolute atomic E-state index is 0.157. The van der Waals surface area contributed by atoms with Gasteiger partial charge in [-0.3, -0.25) is 9.13 Å². The van der Waals surface area contributed by atoms with Gasteiger partial charge < -0.3 is 25.0 Å². The molecule has 0 bridgehead atoms. The second-order valence-electron chi connectivity index (χ2n) is 4.79. The highest BCUT2D eigenvalue weighted by molar-refractivity contribution is 7.51. The number of nitrogen functional groups attached to an aromatic ring is 1. The number of rotatable bonds is 4. The molecule has 0 saturated carbocycles. The van der Waals surface area contributed by atoms with E-state index in [0.717, 1.165) is 18.9 Å². The quantitative estimate of drug-likeness (QED) is 0.626. The number of ether oxygens (including phenoxy) is 1. The largest absolute Gasteiger partial charge is 0.384 e. The summed E-state index contributed by atoms with van der Waals surface area (Å²) in [5, 5.41) is 9.60. The van der Waals surface area contributed by atoms with Gasteiger partial charge in [0.25, 0.3) is 0 Å². The Bertz CT molecular complexity index is 662. The summed E-state index contributed by atoms with van der Waals surface area (Å²) in [4.78, 5) is 23.9. The Balaban J connectivity index is 2.26. The topological polar surface area (TPSA) is 137 Å². The first-order chi connectivity index (χ1) is 10.0. The summed E-state index contributed by atoms with van der Waals surface area (Å²) in [6, 6.07) is 1.12. The predicted molar refractivity (Wildman–Crippen MR) is 69.5 cm³/mol. The van der Waals surface area contributed by atoms with E-state index >= 15 is 0 Å². The summed E-state index contributed by atoms with van der Waals surface area (Å²) in [5.41, 5.74) is 4.18. The number of aliphatic hydroxyl groups is 1. The second-order valence-corrected chi connectivity index (χ2v) is 6.65. The number of halogens is 2. The second kappa shape index (κ2) is 5.67. The standard InChI is InChI=1S/C10H14F2N3O6P/c1-22(18,19)20-4-5-7(16)10(11,12)8(21-5)15-3-2-6(13)14-9(15)17/h2-3,5,7-8,16H,4H2,1H3,(H,18,19)(H2,13,14,17). The SMILES string of the molecule is CP(=O)(O)OCC1OC(n2ccc(N)nc2=O)C(F)(F)C1O. The molecule has 0 spiro atoms. The number of aromatic nitrogens is 2. The molecule has 0 aliphatic carbocycles. The average molecular weight is 341 g/mol. The Morgan fingerprint density at radius 1 is 1.64 bits per heavy atom. The lowest BCUT2D eigenvalue weighted by Crippen LogP contribution is -2.41. The fourth-order valence-corrected chi connectivity index (χ4v) is 2.35. The zero-order chi connectivity index (χ0) is 16.7. The van der Waals surface area contributed by atoms with Gasteiger partial charge in [0.15, 0.2) is 6.10 Å². The van der Waals surface area contributed by atoms with Crippen LogP contribution in [0.1, 0.15) is 6.23 Å². The molecule has 12 heteroatoms. The molecule has 4 unspecified atom stereocenters. The van der Waals surface area contributed by atoms with Gasteiger partial charge in [-0.15, -0.1) is 0 Å². The maximum absolute atomic E-state index is 14.1. The fourth-order valence-electron chi connectivity index (χ4n) is 1.92. The van der Waals surface area contributed by atoms with Gasteiger partial charge in [-0.05, 0) is 6.07 Å². The zero-order valence-electron chi connectivity index (χ0n) is 11.3. The Morgan fingerprint density at radius 2 is 2.27 bits per heavy atom. The summed E-state index contributed by atoms with van der Waals surface area (Å²) < 4.78 is 49.0. The lowest BCUT2D eigenvalue weighted by Gasteiger charge is -2.20. The molecule has 22 heavy (non-hydrogen) atoms. The van der Waals surface area contributed by atoms with Crippen molar-refractivity contribution in [2.75, 3.05) is 19.0 Å². The minimum atomic E-state index is -3.93. The minimum Gasteiger partial charge on any atom is -0.384 e. The van der Waals surface area contributed by atoms with Crippen LogP contribution >= 0.6 is 7.60 Å². The third-order valence-corrected chi connectivity index (χ3v) is 3.59. The number of anilines is 1. The van der Waals surface area contributed by atoms with Crippen LogP contribution in [0.5, 0.6) is 0 Å². The first kappa shape index (κ1) is 17.0. The molecule has 1 saturated heterocycles. The highest BCUT2D eigenvalue weighted by Crippen LogP contribution is 2.44. The van der Waals surface area contributed by atoms with E-state index in [-0.39, 0.29) is 5.82 Å². The molecule has 0 amide bonds. The molecule has 1 aromatic heterocycles. The molecule has 4 N–H and O–H groups in total. The number of aliphatic hydroxyl groups excluding tert-OH is 1. The first-order valence-corrected chi connectivity index (χ1v) is 8.05. The maximum atomic E-state index is 14.1. The van der Waals surface area contributed by atoms with Crippen LogP contribution in [-0.4, -0.2) is 51.0 Å². The van der Waals surface area contributed by atoms with Gasteiger partial charge in [0, 0.05) is 12.9 Å². The molecule has 4 atom stereocenters. The molecule has 0 radical (unpaired) electrons. The third kappa shape index (κ3) is 3.33. The number of hydrogen-bond acceptors (Lipinski definition) is 7. The van der Waals surface area contributed by atoms with E-state index in [0.29, 0.717) is 4.57 Å². The molecule has 124 valence electrons.